The van der Waals surface area contributed by atoms with Gasteiger partial charge in [0.1, 0.15) is 12.1 Å². The first-order chi connectivity index (χ1) is 6.36. The van der Waals surface area contributed by atoms with Crippen LogP contribution >= 0.6 is 0 Å². The smallest absolute Gasteiger partial charge is 0.123 e. The van der Waals surface area contributed by atoms with Crippen molar-refractivity contribution in [3.63, 3.8) is 0 Å². The highest BCUT2D eigenvalue weighted by Crippen LogP contribution is 2.17. The molecule has 2 aromatic rings. The molecule has 0 saturated heterocycles. The van der Waals surface area contributed by atoms with E-state index in [1.807, 2.05) is 6.07 Å². The second kappa shape index (κ2) is 3.31. The Labute approximate surface area is 75.1 Å². The third-order valence-corrected chi connectivity index (χ3v) is 1.72. The molecule has 3 heteroatoms. The average Bonchev–Trinajstić information content (AvgIpc) is 2.19. The van der Waals surface area contributed by atoms with Gasteiger partial charge in [-0.3, -0.25) is 0 Å². The van der Waals surface area contributed by atoms with Gasteiger partial charge in [-0.25, -0.2) is 14.4 Å². The van der Waals surface area contributed by atoms with Crippen LogP contribution in [0.5, 0.6) is 0 Å². The third-order valence-electron chi connectivity index (χ3n) is 1.72. The van der Waals surface area contributed by atoms with Crippen molar-refractivity contribution in [2.24, 2.45) is 0 Å². The van der Waals surface area contributed by atoms with Gasteiger partial charge in [-0.15, -0.1) is 0 Å². The van der Waals surface area contributed by atoms with Gasteiger partial charge in [0.2, 0.25) is 0 Å². The monoisotopic (exact) mass is 174 g/mol. The van der Waals surface area contributed by atoms with Gasteiger partial charge in [0.15, 0.2) is 0 Å². The fraction of sp³-hybridized carbons (Fsp3) is 0. The maximum atomic E-state index is 12.8. The van der Waals surface area contributed by atoms with Crippen LogP contribution in [0.3, 0.4) is 0 Å². The Morgan fingerprint density at radius 2 is 1.77 bits per heavy atom. The summed E-state index contributed by atoms with van der Waals surface area (Å²) in [5, 5.41) is 0. The Hall–Kier alpha value is -1.77. The fourth-order valence-electron chi connectivity index (χ4n) is 1.12. The van der Waals surface area contributed by atoms with Gasteiger partial charge in [-0.1, -0.05) is 12.1 Å². The van der Waals surface area contributed by atoms with Crippen LogP contribution in [0.15, 0.2) is 43.0 Å². The van der Waals surface area contributed by atoms with Crippen LogP contribution in [-0.4, -0.2) is 9.97 Å². The van der Waals surface area contributed by atoms with E-state index in [-0.39, 0.29) is 5.82 Å². The van der Waals surface area contributed by atoms with Crippen LogP contribution in [0.25, 0.3) is 11.1 Å². The first-order valence-corrected chi connectivity index (χ1v) is 3.87. The van der Waals surface area contributed by atoms with Crippen molar-refractivity contribution >= 4 is 0 Å². The SMILES string of the molecule is Fc1cccc(-c2cncnc2)c1. The second-order valence-corrected chi connectivity index (χ2v) is 2.64. The minimum atomic E-state index is -0.249. The van der Waals surface area contributed by atoms with Crippen molar-refractivity contribution in [3.05, 3.63) is 48.8 Å². The largest absolute Gasteiger partial charge is 0.244 e. The van der Waals surface area contributed by atoms with Crippen molar-refractivity contribution < 1.29 is 4.39 Å². The summed E-state index contributed by atoms with van der Waals surface area (Å²) >= 11 is 0. The van der Waals surface area contributed by atoms with Crippen molar-refractivity contribution in [1.29, 1.82) is 0 Å². The molecule has 1 aromatic carbocycles. The Kier molecular flexibility index (Phi) is 2.00. The first-order valence-electron chi connectivity index (χ1n) is 3.87. The Morgan fingerprint density at radius 1 is 1.00 bits per heavy atom. The van der Waals surface area contributed by atoms with Crippen LogP contribution in [0.1, 0.15) is 0 Å². The lowest BCUT2D eigenvalue weighted by Crippen LogP contribution is -1.82. The summed E-state index contributed by atoms with van der Waals surface area (Å²) in [5.41, 5.74) is 1.61. The van der Waals surface area contributed by atoms with Crippen molar-refractivity contribution in [2.75, 3.05) is 0 Å². The predicted molar refractivity (Wildman–Crippen MR) is 47.4 cm³/mol. The van der Waals surface area contributed by atoms with E-state index < -0.39 is 0 Å². The summed E-state index contributed by atoms with van der Waals surface area (Å²) in [6.45, 7) is 0. The van der Waals surface area contributed by atoms with Crippen LogP contribution in [0.2, 0.25) is 0 Å². The molecule has 0 amide bonds. The molecule has 0 aliphatic heterocycles. The van der Waals surface area contributed by atoms with Crippen molar-refractivity contribution in [1.82, 2.24) is 9.97 Å². The van der Waals surface area contributed by atoms with Gasteiger partial charge in [0.25, 0.3) is 0 Å². The van der Waals surface area contributed by atoms with Gasteiger partial charge in [-0.2, -0.15) is 0 Å². The minimum Gasteiger partial charge on any atom is -0.244 e. The van der Waals surface area contributed by atoms with E-state index in [0.717, 1.165) is 11.1 Å². The summed E-state index contributed by atoms with van der Waals surface area (Å²) in [6.07, 6.45) is 4.76. The van der Waals surface area contributed by atoms with Gasteiger partial charge >= 0.3 is 0 Å². The molecule has 13 heavy (non-hydrogen) atoms. The summed E-state index contributed by atoms with van der Waals surface area (Å²) < 4.78 is 12.8. The molecule has 0 N–H and O–H groups in total. The molecule has 0 fully saturated rings. The quantitative estimate of drug-likeness (QED) is 0.662. The van der Waals surface area contributed by atoms with Crippen molar-refractivity contribution in [3.8, 4) is 11.1 Å². The van der Waals surface area contributed by atoms with E-state index in [1.54, 1.807) is 18.5 Å². The zero-order valence-corrected chi connectivity index (χ0v) is 6.81. The standard InChI is InChI=1S/C10H7FN2/c11-10-3-1-2-8(4-10)9-5-12-7-13-6-9/h1-7H. The molecule has 2 nitrogen and oxygen atoms in total. The maximum absolute atomic E-state index is 12.8. The zero-order chi connectivity index (χ0) is 9.10. The molecule has 1 heterocycles. The van der Waals surface area contributed by atoms with Crippen molar-refractivity contribution in [2.45, 2.75) is 0 Å². The number of nitrogens with zero attached hydrogens (tertiary/aromatic N) is 2. The summed E-state index contributed by atoms with van der Waals surface area (Å²) in [7, 11) is 0. The number of hydrogen-bond acceptors (Lipinski definition) is 2. The van der Waals surface area contributed by atoms with Crippen LogP contribution in [-0.2, 0) is 0 Å². The van der Waals surface area contributed by atoms with Crippen LogP contribution in [0.4, 0.5) is 4.39 Å². The Bertz CT molecular complexity index is 401. The van der Waals surface area contributed by atoms with E-state index in [1.165, 1.54) is 18.5 Å². The topological polar surface area (TPSA) is 25.8 Å². The zero-order valence-electron chi connectivity index (χ0n) is 6.81. The molecule has 0 aliphatic carbocycles. The number of halogens is 1. The number of benzene rings is 1. The lowest BCUT2D eigenvalue weighted by molar-refractivity contribution is 0.628. The maximum Gasteiger partial charge on any atom is 0.123 e. The van der Waals surface area contributed by atoms with Crippen LogP contribution in [0, 0.1) is 5.82 Å². The highest BCUT2D eigenvalue weighted by Gasteiger charge is 1.97. The number of hydrogen-bond donors (Lipinski definition) is 0. The molecule has 2 rings (SSSR count). The highest BCUT2D eigenvalue weighted by atomic mass is 19.1. The molecule has 0 saturated carbocycles. The Morgan fingerprint density at radius 3 is 2.46 bits per heavy atom. The van der Waals surface area contributed by atoms with E-state index in [9.17, 15) is 4.39 Å². The molecule has 64 valence electrons. The van der Waals surface area contributed by atoms with E-state index >= 15 is 0 Å². The molecule has 0 unspecified atom stereocenters. The highest BCUT2D eigenvalue weighted by molar-refractivity contribution is 5.60. The van der Waals surface area contributed by atoms with E-state index in [4.69, 9.17) is 0 Å². The van der Waals surface area contributed by atoms with Gasteiger partial charge in [0.05, 0.1) is 0 Å². The number of aromatic nitrogens is 2. The summed E-state index contributed by atoms with van der Waals surface area (Å²) in [5.74, 6) is -0.249. The molecular formula is C10H7FN2. The lowest BCUT2D eigenvalue weighted by atomic mass is 10.1. The third kappa shape index (κ3) is 1.69. The Balaban J connectivity index is 2.48. The van der Waals surface area contributed by atoms with Gasteiger partial charge in [-0.05, 0) is 17.7 Å². The fourth-order valence-corrected chi connectivity index (χ4v) is 1.12. The predicted octanol–water partition coefficient (Wildman–Crippen LogP) is 2.28. The van der Waals surface area contributed by atoms with Gasteiger partial charge < -0.3 is 0 Å². The minimum absolute atomic E-state index is 0.249. The summed E-state index contributed by atoms with van der Waals surface area (Å²) in [6, 6.07) is 6.35. The molecule has 0 bridgehead atoms. The molecular weight excluding hydrogens is 167 g/mol. The molecule has 0 atom stereocenters. The number of rotatable bonds is 1. The second-order valence-electron chi connectivity index (χ2n) is 2.64. The van der Waals surface area contributed by atoms with Crippen LogP contribution < -0.4 is 0 Å². The van der Waals surface area contributed by atoms with Gasteiger partial charge in [0, 0.05) is 18.0 Å². The molecule has 0 spiro atoms. The normalized spacial score (nSPS) is 9.92. The van der Waals surface area contributed by atoms with E-state index in [0.29, 0.717) is 0 Å². The molecule has 0 radical (unpaired) electrons. The average molecular weight is 174 g/mol. The molecule has 0 aliphatic rings. The molecule has 1 aromatic heterocycles. The summed E-state index contributed by atoms with van der Waals surface area (Å²) in [4.78, 5) is 7.71. The first kappa shape index (κ1) is 7.86. The lowest BCUT2D eigenvalue weighted by Gasteiger charge is -1.98. The van der Waals surface area contributed by atoms with E-state index in [2.05, 4.69) is 9.97 Å².